The van der Waals surface area contributed by atoms with Crippen molar-refractivity contribution in [3.8, 4) is 0 Å². The molecule has 1 aliphatic rings. The molecule has 0 saturated heterocycles. The first-order valence-electron chi connectivity index (χ1n) is 7.91. The first-order chi connectivity index (χ1) is 11.2. The van der Waals surface area contributed by atoms with E-state index in [1.165, 1.54) is 5.56 Å². The third-order valence-electron chi connectivity index (χ3n) is 4.06. The number of nitrogens with one attached hydrogen (secondary N) is 2. The Morgan fingerprint density at radius 3 is 2.17 bits per heavy atom. The predicted molar refractivity (Wildman–Crippen MR) is 89.8 cm³/mol. The summed E-state index contributed by atoms with van der Waals surface area (Å²) >= 11 is 0. The van der Waals surface area contributed by atoms with Gasteiger partial charge in [-0.1, -0.05) is 48.5 Å². The second-order valence-electron chi connectivity index (χ2n) is 5.83. The Morgan fingerprint density at radius 1 is 0.870 bits per heavy atom. The van der Waals surface area contributed by atoms with E-state index in [0.717, 1.165) is 12.1 Å². The fraction of sp³-hybridized carbons (Fsp3) is 0.263. The van der Waals surface area contributed by atoms with E-state index in [1.54, 1.807) is 0 Å². The molecule has 0 bridgehead atoms. The molecule has 0 aromatic heterocycles. The van der Waals surface area contributed by atoms with Crippen LogP contribution in [0.3, 0.4) is 0 Å². The Balaban J connectivity index is 1.41. The molecule has 2 unspecified atom stereocenters. The molecular formula is C19H20N2O2. The molecule has 2 atom stereocenters. The average Bonchev–Trinajstić information content (AvgIpc) is 3.37. The Hall–Kier alpha value is -2.62. The lowest BCUT2D eigenvalue weighted by Gasteiger charge is -2.06. The third kappa shape index (κ3) is 4.19. The van der Waals surface area contributed by atoms with E-state index in [0.29, 0.717) is 13.0 Å². The lowest BCUT2D eigenvalue weighted by Crippen LogP contribution is -2.29. The lowest BCUT2D eigenvalue weighted by molar-refractivity contribution is -0.125. The van der Waals surface area contributed by atoms with E-state index in [4.69, 9.17) is 0 Å². The summed E-state index contributed by atoms with van der Waals surface area (Å²) in [5.41, 5.74) is 1.97. The van der Waals surface area contributed by atoms with E-state index < -0.39 is 0 Å². The second-order valence-corrected chi connectivity index (χ2v) is 5.83. The number of para-hydroxylation sites is 1. The Morgan fingerprint density at radius 2 is 1.48 bits per heavy atom. The van der Waals surface area contributed by atoms with Gasteiger partial charge in [0.2, 0.25) is 11.8 Å². The van der Waals surface area contributed by atoms with Crippen LogP contribution in [0.2, 0.25) is 0 Å². The average molecular weight is 308 g/mol. The van der Waals surface area contributed by atoms with Crippen LogP contribution in [-0.4, -0.2) is 18.4 Å². The normalized spacial score (nSPS) is 19.0. The Labute approximate surface area is 135 Å². The van der Waals surface area contributed by atoms with Gasteiger partial charge in [0, 0.05) is 12.2 Å². The number of amides is 2. The number of rotatable bonds is 6. The molecule has 118 valence electrons. The van der Waals surface area contributed by atoms with E-state index in [9.17, 15) is 9.59 Å². The van der Waals surface area contributed by atoms with Crippen LogP contribution in [0.5, 0.6) is 0 Å². The van der Waals surface area contributed by atoms with E-state index in [1.807, 2.05) is 60.7 Å². The summed E-state index contributed by atoms with van der Waals surface area (Å²) in [7, 11) is 0. The van der Waals surface area contributed by atoms with Crippen molar-refractivity contribution in [3.05, 3.63) is 66.2 Å². The maximum atomic E-state index is 12.1. The Bertz CT molecular complexity index is 670. The molecule has 2 N–H and O–H groups in total. The summed E-state index contributed by atoms with van der Waals surface area (Å²) in [6, 6.07) is 19.4. The first kappa shape index (κ1) is 15.3. The highest BCUT2D eigenvalue weighted by Gasteiger charge is 2.47. The third-order valence-corrected chi connectivity index (χ3v) is 4.06. The van der Waals surface area contributed by atoms with Crippen molar-refractivity contribution in [1.29, 1.82) is 0 Å². The maximum Gasteiger partial charge on any atom is 0.228 e. The van der Waals surface area contributed by atoms with E-state index in [2.05, 4.69) is 10.6 Å². The molecule has 1 aliphatic carbocycles. The smallest absolute Gasteiger partial charge is 0.228 e. The fourth-order valence-corrected chi connectivity index (χ4v) is 2.64. The van der Waals surface area contributed by atoms with Crippen molar-refractivity contribution < 1.29 is 9.59 Å². The van der Waals surface area contributed by atoms with Gasteiger partial charge in [-0.2, -0.15) is 0 Å². The number of carbonyl (C=O) groups is 2. The minimum absolute atomic E-state index is 0.0193. The molecule has 0 heterocycles. The molecule has 4 nitrogen and oxygen atoms in total. The molecule has 4 heteroatoms. The molecular weight excluding hydrogens is 288 g/mol. The summed E-state index contributed by atoms with van der Waals surface area (Å²) in [6.45, 7) is 0.604. The number of hydrogen-bond donors (Lipinski definition) is 2. The lowest BCUT2D eigenvalue weighted by atomic mass is 10.1. The monoisotopic (exact) mass is 308 g/mol. The molecule has 3 rings (SSSR count). The van der Waals surface area contributed by atoms with Gasteiger partial charge < -0.3 is 10.6 Å². The van der Waals surface area contributed by atoms with E-state index >= 15 is 0 Å². The molecule has 23 heavy (non-hydrogen) atoms. The van der Waals surface area contributed by atoms with Gasteiger partial charge in [0.15, 0.2) is 0 Å². The van der Waals surface area contributed by atoms with Crippen LogP contribution in [0, 0.1) is 11.8 Å². The van der Waals surface area contributed by atoms with Crippen LogP contribution in [0.1, 0.15) is 12.0 Å². The fourth-order valence-electron chi connectivity index (χ4n) is 2.64. The molecule has 0 spiro atoms. The molecule has 0 aliphatic heterocycles. The number of anilines is 1. The van der Waals surface area contributed by atoms with Gasteiger partial charge in [-0.15, -0.1) is 0 Å². The Kier molecular flexibility index (Phi) is 4.71. The highest BCUT2D eigenvalue weighted by molar-refractivity contribution is 5.99. The molecule has 2 aromatic rings. The summed E-state index contributed by atoms with van der Waals surface area (Å²) in [4.78, 5) is 24.2. The summed E-state index contributed by atoms with van der Waals surface area (Å²) in [6.07, 6.45) is 1.44. The quantitative estimate of drug-likeness (QED) is 0.862. The van der Waals surface area contributed by atoms with Crippen LogP contribution < -0.4 is 10.6 Å². The van der Waals surface area contributed by atoms with Crippen LogP contribution in [0.15, 0.2) is 60.7 Å². The number of carbonyl (C=O) groups excluding carboxylic acids is 2. The maximum absolute atomic E-state index is 12.1. The summed E-state index contributed by atoms with van der Waals surface area (Å²) in [5.74, 6) is -0.477. The van der Waals surface area contributed by atoms with Crippen molar-refractivity contribution in [3.63, 3.8) is 0 Å². The van der Waals surface area contributed by atoms with Crippen molar-refractivity contribution in [1.82, 2.24) is 5.32 Å². The molecule has 2 amide bonds. The van der Waals surface area contributed by atoms with Crippen molar-refractivity contribution >= 4 is 17.5 Å². The topological polar surface area (TPSA) is 58.2 Å². The summed E-state index contributed by atoms with van der Waals surface area (Å²) in [5, 5.41) is 5.77. The van der Waals surface area contributed by atoms with Crippen LogP contribution in [-0.2, 0) is 16.0 Å². The highest BCUT2D eigenvalue weighted by atomic mass is 16.2. The molecule has 1 saturated carbocycles. The zero-order valence-corrected chi connectivity index (χ0v) is 12.9. The van der Waals surface area contributed by atoms with Crippen LogP contribution in [0.4, 0.5) is 5.69 Å². The minimum atomic E-state index is -0.202. The molecule has 2 aromatic carbocycles. The van der Waals surface area contributed by atoms with Gasteiger partial charge in [-0.05, 0) is 30.5 Å². The van der Waals surface area contributed by atoms with Crippen molar-refractivity contribution in [2.75, 3.05) is 11.9 Å². The highest BCUT2D eigenvalue weighted by Crippen LogP contribution is 2.39. The minimum Gasteiger partial charge on any atom is -0.356 e. The largest absolute Gasteiger partial charge is 0.356 e. The van der Waals surface area contributed by atoms with Gasteiger partial charge in [0.1, 0.15) is 0 Å². The second kappa shape index (κ2) is 7.09. The van der Waals surface area contributed by atoms with Crippen LogP contribution >= 0.6 is 0 Å². The van der Waals surface area contributed by atoms with Gasteiger partial charge in [-0.25, -0.2) is 0 Å². The van der Waals surface area contributed by atoms with Crippen molar-refractivity contribution in [2.24, 2.45) is 11.8 Å². The molecule has 0 radical (unpaired) electrons. The number of hydrogen-bond acceptors (Lipinski definition) is 2. The zero-order chi connectivity index (χ0) is 16.1. The predicted octanol–water partition coefficient (Wildman–Crippen LogP) is 2.62. The van der Waals surface area contributed by atoms with E-state index in [-0.39, 0.29) is 23.7 Å². The van der Waals surface area contributed by atoms with Crippen molar-refractivity contribution in [2.45, 2.75) is 12.8 Å². The SMILES string of the molecule is O=C(NCCc1ccccc1)C1CC1C(=O)Nc1ccccc1. The van der Waals surface area contributed by atoms with Gasteiger partial charge in [-0.3, -0.25) is 9.59 Å². The summed E-state index contributed by atoms with van der Waals surface area (Å²) < 4.78 is 0. The first-order valence-corrected chi connectivity index (χ1v) is 7.91. The zero-order valence-electron chi connectivity index (χ0n) is 12.9. The van der Waals surface area contributed by atoms with Gasteiger partial charge >= 0.3 is 0 Å². The van der Waals surface area contributed by atoms with Crippen LogP contribution in [0.25, 0.3) is 0 Å². The standard InChI is InChI=1S/C19H20N2O2/c22-18(20-12-11-14-7-3-1-4-8-14)16-13-17(16)19(23)21-15-9-5-2-6-10-15/h1-10,16-17H,11-13H2,(H,20,22)(H,21,23). The van der Waals surface area contributed by atoms with Gasteiger partial charge in [0.05, 0.1) is 11.8 Å². The molecule has 1 fully saturated rings. The van der Waals surface area contributed by atoms with Gasteiger partial charge in [0.25, 0.3) is 0 Å². The number of benzene rings is 2.